The van der Waals surface area contributed by atoms with E-state index in [1.807, 2.05) is 0 Å². The van der Waals surface area contributed by atoms with Crippen molar-refractivity contribution in [2.24, 2.45) is 0 Å². The molecule has 0 spiro atoms. The Morgan fingerprint density at radius 3 is 2.38 bits per heavy atom. The van der Waals surface area contributed by atoms with Gasteiger partial charge < -0.3 is 10.2 Å². The SMILES string of the molecule is Nc1nnc(-c2ccc(F)cc2)o1. The second kappa shape index (κ2) is 2.85. The van der Waals surface area contributed by atoms with E-state index in [-0.39, 0.29) is 17.7 Å². The molecule has 0 saturated carbocycles. The van der Waals surface area contributed by atoms with Crippen molar-refractivity contribution < 1.29 is 8.81 Å². The molecule has 66 valence electrons. The van der Waals surface area contributed by atoms with E-state index in [4.69, 9.17) is 10.2 Å². The van der Waals surface area contributed by atoms with Gasteiger partial charge in [-0.1, -0.05) is 5.10 Å². The molecule has 13 heavy (non-hydrogen) atoms. The molecule has 1 heterocycles. The van der Waals surface area contributed by atoms with E-state index in [0.717, 1.165) is 0 Å². The number of benzene rings is 1. The number of rotatable bonds is 1. The number of nitrogens with two attached hydrogens (primary N) is 1. The maximum Gasteiger partial charge on any atom is 0.313 e. The van der Waals surface area contributed by atoms with Crippen molar-refractivity contribution in [3.63, 3.8) is 0 Å². The van der Waals surface area contributed by atoms with Crippen molar-refractivity contribution >= 4 is 6.01 Å². The Bertz CT molecular complexity index is 410. The smallest absolute Gasteiger partial charge is 0.313 e. The van der Waals surface area contributed by atoms with E-state index >= 15 is 0 Å². The standard InChI is InChI=1S/C8H6FN3O/c9-6-3-1-5(2-4-6)7-11-12-8(10)13-7/h1-4H,(H2,10,12). The molecule has 0 amide bonds. The topological polar surface area (TPSA) is 64.9 Å². The molecule has 0 aliphatic carbocycles. The van der Waals surface area contributed by atoms with Gasteiger partial charge in [-0.2, -0.15) is 0 Å². The van der Waals surface area contributed by atoms with Crippen molar-refractivity contribution in [3.8, 4) is 11.5 Å². The fourth-order valence-electron chi connectivity index (χ4n) is 0.944. The third kappa shape index (κ3) is 1.48. The Hall–Kier alpha value is -1.91. The molecule has 0 atom stereocenters. The van der Waals surface area contributed by atoms with Crippen LogP contribution in [0.5, 0.6) is 0 Å². The molecule has 0 bridgehead atoms. The number of aromatic nitrogens is 2. The van der Waals surface area contributed by atoms with Crippen LogP contribution in [-0.2, 0) is 0 Å². The van der Waals surface area contributed by atoms with E-state index in [0.29, 0.717) is 5.56 Å². The van der Waals surface area contributed by atoms with Crippen LogP contribution < -0.4 is 5.73 Å². The summed E-state index contributed by atoms with van der Waals surface area (Å²) in [6, 6.07) is 5.72. The van der Waals surface area contributed by atoms with E-state index in [2.05, 4.69) is 10.2 Å². The molecule has 0 fully saturated rings. The number of hydrogen-bond acceptors (Lipinski definition) is 4. The Morgan fingerprint density at radius 2 is 1.85 bits per heavy atom. The normalized spacial score (nSPS) is 10.2. The Labute approximate surface area is 73.2 Å². The van der Waals surface area contributed by atoms with E-state index in [1.165, 1.54) is 12.1 Å². The van der Waals surface area contributed by atoms with E-state index in [1.54, 1.807) is 12.1 Å². The van der Waals surface area contributed by atoms with Crippen LogP contribution in [0.25, 0.3) is 11.5 Å². The van der Waals surface area contributed by atoms with Crippen molar-refractivity contribution in [2.75, 3.05) is 5.73 Å². The minimum absolute atomic E-state index is 0.000625. The second-order valence-corrected chi connectivity index (χ2v) is 2.45. The Kier molecular flexibility index (Phi) is 1.70. The predicted octanol–water partition coefficient (Wildman–Crippen LogP) is 1.46. The quantitative estimate of drug-likeness (QED) is 0.719. The minimum Gasteiger partial charge on any atom is -0.404 e. The van der Waals surface area contributed by atoms with Crippen LogP contribution in [0.1, 0.15) is 0 Å². The summed E-state index contributed by atoms with van der Waals surface area (Å²) in [5.41, 5.74) is 5.88. The third-order valence-corrected chi connectivity index (χ3v) is 1.53. The summed E-state index contributed by atoms with van der Waals surface area (Å²) in [6.07, 6.45) is 0. The highest BCUT2D eigenvalue weighted by Crippen LogP contribution is 2.18. The summed E-state index contributed by atoms with van der Waals surface area (Å²) in [5, 5.41) is 7.13. The van der Waals surface area contributed by atoms with Crippen molar-refractivity contribution in [2.45, 2.75) is 0 Å². The molecule has 1 aromatic heterocycles. The van der Waals surface area contributed by atoms with Crippen LogP contribution in [-0.4, -0.2) is 10.2 Å². The van der Waals surface area contributed by atoms with Crippen LogP contribution in [0.15, 0.2) is 28.7 Å². The molecule has 0 saturated heterocycles. The lowest BCUT2D eigenvalue weighted by molar-refractivity contribution is 0.589. The molecular weight excluding hydrogens is 173 g/mol. The third-order valence-electron chi connectivity index (χ3n) is 1.53. The number of nitrogen functional groups attached to an aromatic ring is 1. The number of hydrogen-bond donors (Lipinski definition) is 1. The summed E-state index contributed by atoms with van der Waals surface area (Å²) in [7, 11) is 0. The average Bonchev–Trinajstić information content (AvgIpc) is 2.53. The van der Waals surface area contributed by atoms with E-state index < -0.39 is 0 Å². The van der Waals surface area contributed by atoms with Gasteiger partial charge in [0.2, 0.25) is 5.89 Å². The first-order chi connectivity index (χ1) is 6.25. The highest BCUT2D eigenvalue weighted by atomic mass is 19.1. The zero-order valence-electron chi connectivity index (χ0n) is 6.57. The lowest BCUT2D eigenvalue weighted by Gasteiger charge is -1.92. The van der Waals surface area contributed by atoms with Gasteiger partial charge in [0.15, 0.2) is 0 Å². The minimum atomic E-state index is -0.309. The van der Waals surface area contributed by atoms with Crippen molar-refractivity contribution in [1.29, 1.82) is 0 Å². The van der Waals surface area contributed by atoms with Crippen LogP contribution in [0, 0.1) is 5.82 Å². The fourth-order valence-corrected chi connectivity index (χ4v) is 0.944. The molecule has 2 aromatic rings. The van der Waals surface area contributed by atoms with Gasteiger partial charge in [0.05, 0.1) is 0 Å². The first-order valence-electron chi connectivity index (χ1n) is 3.60. The summed E-state index contributed by atoms with van der Waals surface area (Å²) in [6.45, 7) is 0. The van der Waals surface area contributed by atoms with Gasteiger partial charge in [0.1, 0.15) is 5.82 Å². The molecule has 0 radical (unpaired) electrons. The van der Waals surface area contributed by atoms with Crippen LogP contribution in [0.2, 0.25) is 0 Å². The first-order valence-corrected chi connectivity index (χ1v) is 3.60. The van der Waals surface area contributed by atoms with E-state index in [9.17, 15) is 4.39 Å². The summed E-state index contributed by atoms with van der Waals surface area (Å²) < 4.78 is 17.5. The van der Waals surface area contributed by atoms with Crippen LogP contribution in [0.4, 0.5) is 10.4 Å². The molecule has 1 aromatic carbocycles. The van der Waals surface area contributed by atoms with Crippen molar-refractivity contribution in [3.05, 3.63) is 30.1 Å². The predicted molar refractivity (Wildman–Crippen MR) is 44.1 cm³/mol. The van der Waals surface area contributed by atoms with Gasteiger partial charge in [-0.25, -0.2) is 4.39 Å². The zero-order valence-corrected chi connectivity index (χ0v) is 6.57. The highest BCUT2D eigenvalue weighted by molar-refractivity contribution is 5.52. The molecule has 0 aliphatic heterocycles. The fraction of sp³-hybridized carbons (Fsp3) is 0. The Balaban J connectivity index is 2.41. The molecule has 2 N–H and O–H groups in total. The van der Waals surface area contributed by atoms with Gasteiger partial charge in [-0.3, -0.25) is 0 Å². The number of anilines is 1. The average molecular weight is 179 g/mol. The van der Waals surface area contributed by atoms with Gasteiger partial charge >= 0.3 is 6.01 Å². The Morgan fingerprint density at radius 1 is 1.15 bits per heavy atom. The first kappa shape index (κ1) is 7.72. The van der Waals surface area contributed by atoms with Crippen LogP contribution >= 0.6 is 0 Å². The van der Waals surface area contributed by atoms with Gasteiger partial charge in [-0.05, 0) is 24.3 Å². The van der Waals surface area contributed by atoms with Gasteiger partial charge in [0.25, 0.3) is 0 Å². The largest absolute Gasteiger partial charge is 0.404 e. The lowest BCUT2D eigenvalue weighted by atomic mass is 10.2. The maximum absolute atomic E-state index is 12.5. The number of halogens is 1. The molecule has 5 heteroatoms. The second-order valence-electron chi connectivity index (χ2n) is 2.45. The van der Waals surface area contributed by atoms with Crippen molar-refractivity contribution in [1.82, 2.24) is 10.2 Å². The summed E-state index contributed by atoms with van der Waals surface area (Å²) >= 11 is 0. The monoisotopic (exact) mass is 179 g/mol. The summed E-state index contributed by atoms with van der Waals surface area (Å²) in [4.78, 5) is 0. The van der Waals surface area contributed by atoms with Crippen LogP contribution in [0.3, 0.4) is 0 Å². The van der Waals surface area contributed by atoms with Gasteiger partial charge in [0, 0.05) is 5.56 Å². The molecule has 4 nitrogen and oxygen atoms in total. The molecule has 0 aliphatic rings. The van der Waals surface area contributed by atoms with Gasteiger partial charge in [-0.15, -0.1) is 5.10 Å². The highest BCUT2D eigenvalue weighted by Gasteiger charge is 2.05. The lowest BCUT2D eigenvalue weighted by Crippen LogP contribution is -1.81. The number of nitrogens with zero attached hydrogens (tertiary/aromatic N) is 2. The molecule has 0 unspecified atom stereocenters. The molecule has 2 rings (SSSR count). The molecular formula is C8H6FN3O. The zero-order chi connectivity index (χ0) is 9.26. The maximum atomic E-state index is 12.5. The summed E-state index contributed by atoms with van der Waals surface area (Å²) in [5.74, 6) is -0.0197.